The van der Waals surface area contributed by atoms with E-state index < -0.39 is 11.7 Å². The van der Waals surface area contributed by atoms with Gasteiger partial charge in [-0.15, -0.1) is 11.3 Å². The lowest BCUT2D eigenvalue weighted by molar-refractivity contribution is -0.137. The number of nitrogens with zero attached hydrogens (tertiary/aromatic N) is 2. The van der Waals surface area contributed by atoms with Gasteiger partial charge in [0.05, 0.1) is 5.56 Å². The van der Waals surface area contributed by atoms with Crippen LogP contribution in [0.15, 0.2) is 127 Å². The van der Waals surface area contributed by atoms with Crippen molar-refractivity contribution in [1.82, 2.24) is 0 Å². The Hall–Kier alpha value is -5.07. The molecule has 0 saturated carbocycles. The van der Waals surface area contributed by atoms with E-state index in [1.807, 2.05) is 24.1 Å². The van der Waals surface area contributed by atoms with Crippen LogP contribution in [0, 0.1) is 6.92 Å². The molecule has 0 bridgehead atoms. The highest BCUT2D eigenvalue weighted by molar-refractivity contribution is 7.25. The van der Waals surface area contributed by atoms with Gasteiger partial charge in [-0.1, -0.05) is 74.0 Å². The zero-order chi connectivity index (χ0) is 33.4. The molecule has 1 aromatic heterocycles. The van der Waals surface area contributed by atoms with E-state index in [2.05, 4.69) is 117 Å². The van der Waals surface area contributed by atoms with E-state index in [1.165, 1.54) is 50.0 Å². The van der Waals surface area contributed by atoms with Gasteiger partial charge < -0.3 is 9.80 Å². The third-order valence-electron chi connectivity index (χ3n) is 9.76. The lowest BCUT2D eigenvalue weighted by Crippen LogP contribution is -2.15. The molecule has 2 nitrogen and oxygen atoms in total. The maximum Gasteiger partial charge on any atom is 0.416 e. The molecule has 0 saturated heterocycles. The molecule has 0 atom stereocenters. The first-order valence-corrected chi connectivity index (χ1v) is 16.8. The molecular weight excluding hydrogens is 622 g/mol. The Morgan fingerprint density at radius 1 is 0.562 bits per heavy atom. The summed E-state index contributed by atoms with van der Waals surface area (Å²) in [6.07, 6.45) is -4.36. The van der Waals surface area contributed by atoms with Gasteiger partial charge in [0.2, 0.25) is 0 Å². The highest BCUT2D eigenvalue weighted by Gasteiger charge is 2.36. The minimum absolute atomic E-state index is 0.0656. The van der Waals surface area contributed by atoms with Crippen molar-refractivity contribution in [3.63, 3.8) is 0 Å². The third kappa shape index (κ3) is 4.94. The molecule has 8 rings (SSSR count). The second-order valence-corrected chi connectivity index (χ2v) is 14.2. The van der Waals surface area contributed by atoms with Gasteiger partial charge in [0.1, 0.15) is 0 Å². The normalized spacial score (nSPS) is 13.5. The first-order valence-electron chi connectivity index (χ1n) is 16.0. The van der Waals surface area contributed by atoms with Crippen molar-refractivity contribution in [3.8, 4) is 11.1 Å². The summed E-state index contributed by atoms with van der Waals surface area (Å²) in [7, 11) is 1.88. The fourth-order valence-electron chi connectivity index (χ4n) is 7.16. The second kappa shape index (κ2) is 11.0. The van der Waals surface area contributed by atoms with Crippen LogP contribution in [0.3, 0.4) is 0 Å². The molecule has 0 fully saturated rings. The molecular formula is C42H33F3N2S. The highest BCUT2D eigenvalue weighted by atomic mass is 32.1. The van der Waals surface area contributed by atoms with E-state index >= 15 is 0 Å². The van der Waals surface area contributed by atoms with Gasteiger partial charge in [0.15, 0.2) is 0 Å². The molecule has 6 aromatic carbocycles. The molecule has 0 unspecified atom stereocenters. The Morgan fingerprint density at radius 2 is 1.10 bits per heavy atom. The number of rotatable bonds is 5. The highest BCUT2D eigenvalue weighted by Crippen LogP contribution is 2.51. The molecule has 48 heavy (non-hydrogen) atoms. The standard InChI is InChI=1S/C42H33F3N2S/c1-26-10-20-37-35(22-26)36-23-31(17-21-38(36)41(37,2)3)47(29-8-6-5-7-9-29)32-16-19-34-33-18-15-30(24-39(33)48-40(34)25-32)46(4)28-13-11-27(12-14-28)42(43,44)45/h5-25H,1-4H3. The Bertz CT molecular complexity index is 2340. The molecule has 1 aliphatic carbocycles. The van der Waals surface area contributed by atoms with Crippen LogP contribution in [0.25, 0.3) is 31.3 Å². The second-order valence-electron chi connectivity index (χ2n) is 13.1. The minimum atomic E-state index is -4.36. The molecule has 0 aliphatic heterocycles. The summed E-state index contributed by atoms with van der Waals surface area (Å²) in [6, 6.07) is 42.4. The Morgan fingerprint density at radius 3 is 1.77 bits per heavy atom. The van der Waals surface area contributed by atoms with Crippen molar-refractivity contribution in [2.75, 3.05) is 16.8 Å². The lowest BCUT2D eigenvalue weighted by Gasteiger charge is -2.27. The van der Waals surface area contributed by atoms with Crippen LogP contribution >= 0.6 is 11.3 Å². The molecule has 1 aliphatic rings. The number of anilines is 5. The van der Waals surface area contributed by atoms with Crippen LogP contribution in [-0.2, 0) is 11.6 Å². The monoisotopic (exact) mass is 654 g/mol. The van der Waals surface area contributed by atoms with Gasteiger partial charge >= 0.3 is 6.18 Å². The predicted molar refractivity (Wildman–Crippen MR) is 196 cm³/mol. The Kier molecular flexibility index (Phi) is 6.93. The topological polar surface area (TPSA) is 6.48 Å². The number of para-hydroxylation sites is 1. The zero-order valence-corrected chi connectivity index (χ0v) is 27.9. The first kappa shape index (κ1) is 30.3. The summed E-state index contributed by atoms with van der Waals surface area (Å²) in [6.45, 7) is 6.77. The number of fused-ring (bicyclic) bond motifs is 6. The Balaban J connectivity index is 1.20. The average molecular weight is 655 g/mol. The van der Waals surface area contributed by atoms with E-state index in [9.17, 15) is 13.2 Å². The number of hydrogen-bond donors (Lipinski definition) is 0. The van der Waals surface area contributed by atoms with Gasteiger partial charge in [-0.3, -0.25) is 0 Å². The number of halogens is 3. The summed E-state index contributed by atoms with van der Waals surface area (Å²) in [4.78, 5) is 4.25. The summed E-state index contributed by atoms with van der Waals surface area (Å²) < 4.78 is 41.7. The molecule has 238 valence electrons. The molecule has 1 heterocycles. The van der Waals surface area contributed by atoms with E-state index in [4.69, 9.17) is 0 Å². The predicted octanol–water partition coefficient (Wildman–Crippen LogP) is 12.9. The zero-order valence-electron chi connectivity index (χ0n) is 27.1. The van der Waals surface area contributed by atoms with E-state index in [1.54, 1.807) is 11.3 Å². The number of benzene rings is 6. The summed E-state index contributed by atoms with van der Waals surface area (Å²) in [5.74, 6) is 0. The SMILES string of the molecule is Cc1ccc2c(c1)-c1cc(N(c3ccccc3)c3ccc4c(c3)sc3cc(N(C)c5ccc(C(F)(F)F)cc5)ccc34)ccc1C2(C)C. The largest absolute Gasteiger partial charge is 0.416 e. The number of thiophene rings is 1. The van der Waals surface area contributed by atoms with Gasteiger partial charge in [-0.05, 0) is 102 Å². The summed E-state index contributed by atoms with van der Waals surface area (Å²) >= 11 is 1.73. The van der Waals surface area contributed by atoms with Crippen molar-refractivity contribution in [2.24, 2.45) is 0 Å². The third-order valence-corrected chi connectivity index (χ3v) is 10.9. The molecule has 0 amide bonds. The first-order chi connectivity index (χ1) is 23.0. The van der Waals surface area contributed by atoms with Crippen molar-refractivity contribution < 1.29 is 13.2 Å². The van der Waals surface area contributed by atoms with E-state index in [0.29, 0.717) is 5.69 Å². The van der Waals surface area contributed by atoms with Crippen LogP contribution in [0.1, 0.15) is 36.1 Å². The van der Waals surface area contributed by atoms with Crippen molar-refractivity contribution >= 4 is 59.9 Å². The summed E-state index contributed by atoms with van der Waals surface area (Å²) in [5, 5.41) is 2.33. The molecule has 0 spiro atoms. The minimum Gasteiger partial charge on any atom is -0.345 e. The van der Waals surface area contributed by atoms with Crippen LogP contribution in [-0.4, -0.2) is 7.05 Å². The van der Waals surface area contributed by atoms with Gasteiger partial charge in [0, 0.05) is 61.1 Å². The maximum atomic E-state index is 13.1. The van der Waals surface area contributed by atoms with E-state index in [0.717, 1.165) is 45.0 Å². The van der Waals surface area contributed by atoms with Crippen LogP contribution < -0.4 is 9.80 Å². The van der Waals surface area contributed by atoms with Crippen molar-refractivity contribution in [3.05, 3.63) is 150 Å². The average Bonchev–Trinajstić information content (AvgIpc) is 3.55. The lowest BCUT2D eigenvalue weighted by atomic mass is 9.82. The summed E-state index contributed by atoms with van der Waals surface area (Å²) in [5.41, 5.74) is 10.7. The molecule has 0 N–H and O–H groups in total. The van der Waals surface area contributed by atoms with Crippen LogP contribution in [0.5, 0.6) is 0 Å². The van der Waals surface area contributed by atoms with Crippen molar-refractivity contribution in [1.29, 1.82) is 0 Å². The maximum absolute atomic E-state index is 13.1. The quantitative estimate of drug-likeness (QED) is 0.182. The fraction of sp³-hybridized carbons (Fsp3) is 0.143. The smallest absolute Gasteiger partial charge is 0.345 e. The van der Waals surface area contributed by atoms with Crippen molar-refractivity contribution in [2.45, 2.75) is 32.4 Å². The molecule has 6 heteroatoms. The van der Waals surface area contributed by atoms with Gasteiger partial charge in [0.25, 0.3) is 0 Å². The van der Waals surface area contributed by atoms with E-state index in [-0.39, 0.29) is 5.41 Å². The van der Waals surface area contributed by atoms with Crippen LogP contribution in [0.4, 0.5) is 41.6 Å². The fourth-order valence-corrected chi connectivity index (χ4v) is 8.33. The number of hydrogen-bond acceptors (Lipinski definition) is 3. The number of aryl methyl sites for hydroxylation is 1. The molecule has 7 aromatic rings. The van der Waals surface area contributed by atoms with Gasteiger partial charge in [-0.2, -0.15) is 13.2 Å². The van der Waals surface area contributed by atoms with Gasteiger partial charge in [-0.25, -0.2) is 0 Å². The van der Waals surface area contributed by atoms with Crippen LogP contribution in [0.2, 0.25) is 0 Å². The Labute approximate surface area is 282 Å². The molecule has 0 radical (unpaired) electrons. The number of alkyl halides is 3.